The van der Waals surface area contributed by atoms with Gasteiger partial charge in [-0.05, 0) is 257 Å². The number of rotatable bonds is 25. The number of likely N-dealkylation sites (N-methyl/N-ethyl adjacent to an activating group) is 2. The quantitative estimate of drug-likeness (QED) is 0.0188. The summed E-state index contributed by atoms with van der Waals surface area (Å²) in [5, 5.41) is 41.1. The molecule has 9 heterocycles. The highest BCUT2D eigenvalue weighted by Crippen LogP contribution is 2.39. The second kappa shape index (κ2) is 41.4. The molecule has 17 rings (SSSR count). The number of aromatic nitrogens is 12. The lowest BCUT2D eigenvalue weighted by Gasteiger charge is -2.32. The maximum atomic E-state index is 13.2. The van der Waals surface area contributed by atoms with E-state index >= 15 is 0 Å². The molecule has 1 aliphatic heterocycles. The standard InChI is InChI=1S/C28H30F3N7O.C24H23F3N6O.C23H21F3N6O.C20H14F3N5O.H2/c1-36-15-17-37(18-16-36)13-4-12-32-26(39)20-8-10-23(11-9-20)33-27-34-25-24(7-3-14-38(25)35-27)21-5-2-6-22(19-21)28(29,30)31;1-23(2,28)14-29-21(34)15-8-10-18(11-9-15)30-22-31-20-19(7-4-12-33(20)32-22)16-5-3-6-17(13-16)24(25,26)27;1-27-11-12-28-21(33)15-7-9-18(10-8-15)29-22-30-20-19(6-3-13-32(20)31-22)16-4-2-5-17(14-16)23(24,25)26;21-20(22,23)14-4-1-3-13(11-14)16-5-2-10-28-18(16)26-19(27-28)25-15-8-6-12(7-9-15)17(24)29;/h2-3,5-11,14,19H,4,12-13,15-18H2,1H3,(H,32,39)(H,33,35);3-13H,14,28H2,1-2H3,(H,29,34)(H,30,32);2-10,13-14,27H,11-12H2,1H3,(H,28,33)(H,29,31);1-11H,(H2,24,29)(H,25,27);1H. The zero-order chi connectivity index (χ0) is 95.9. The van der Waals surface area contributed by atoms with Crippen LogP contribution in [0.1, 0.15) is 85.4 Å². The third-order valence-corrected chi connectivity index (χ3v) is 21.0. The third kappa shape index (κ3) is 25.1. The maximum Gasteiger partial charge on any atom is 0.416 e. The number of carbonyl (C=O) groups is 4. The number of halogens is 12. The fourth-order valence-electron chi connectivity index (χ4n) is 14.0. The van der Waals surface area contributed by atoms with Crippen LogP contribution < -0.4 is 54.0 Å². The molecule has 0 atom stereocenters. The highest BCUT2D eigenvalue weighted by molar-refractivity contribution is 5.96. The van der Waals surface area contributed by atoms with Crippen molar-refractivity contribution in [2.75, 3.05) is 94.3 Å². The molecule has 0 saturated carbocycles. The Morgan fingerprint density at radius 3 is 0.919 bits per heavy atom. The van der Waals surface area contributed by atoms with Crippen molar-refractivity contribution in [2.45, 2.75) is 50.5 Å². The van der Waals surface area contributed by atoms with E-state index in [1.54, 1.807) is 195 Å². The van der Waals surface area contributed by atoms with Gasteiger partial charge in [-0.3, -0.25) is 19.2 Å². The number of benzene rings is 8. The van der Waals surface area contributed by atoms with Crippen molar-refractivity contribution in [2.24, 2.45) is 11.5 Å². The third-order valence-electron chi connectivity index (χ3n) is 21.0. The van der Waals surface area contributed by atoms with Crippen LogP contribution in [0.2, 0.25) is 0 Å². The molecule has 1 aliphatic rings. The van der Waals surface area contributed by atoms with Gasteiger partial charge in [0.05, 0.1) is 22.3 Å². The molecule has 0 unspecified atom stereocenters. The van der Waals surface area contributed by atoms with Crippen LogP contribution in [0, 0.1) is 0 Å². The van der Waals surface area contributed by atoms with E-state index in [9.17, 15) is 71.9 Å². The van der Waals surface area contributed by atoms with E-state index in [2.05, 4.69) is 99.7 Å². The van der Waals surface area contributed by atoms with E-state index in [1.807, 2.05) is 20.9 Å². The smallest absolute Gasteiger partial charge is 0.366 e. The number of nitrogens with two attached hydrogens (primary N) is 2. The molecule has 0 aliphatic carbocycles. The van der Waals surface area contributed by atoms with Gasteiger partial charge in [-0.1, -0.05) is 48.5 Å². The Kier molecular flexibility index (Phi) is 29.3. The number of amides is 4. The first-order valence-corrected chi connectivity index (χ1v) is 42.0. The van der Waals surface area contributed by atoms with Crippen molar-refractivity contribution in [3.63, 3.8) is 0 Å². The summed E-state index contributed by atoms with van der Waals surface area (Å²) in [6.07, 6.45) is -10.2. The minimum absolute atomic E-state index is 0. The Labute approximate surface area is 764 Å². The van der Waals surface area contributed by atoms with Crippen LogP contribution in [0.15, 0.2) is 267 Å². The number of hydrogen-bond donors (Lipinski definition) is 10. The second-order valence-corrected chi connectivity index (χ2v) is 31.8. The molecule has 0 radical (unpaired) electrons. The number of piperazine rings is 1. The maximum absolute atomic E-state index is 13.2. The van der Waals surface area contributed by atoms with Gasteiger partial charge in [0.2, 0.25) is 29.7 Å². The normalized spacial score (nSPS) is 12.7. The van der Waals surface area contributed by atoms with Gasteiger partial charge >= 0.3 is 24.7 Å². The predicted octanol–water partition coefficient (Wildman–Crippen LogP) is 17.8. The zero-order valence-electron chi connectivity index (χ0n) is 72.6. The molecule has 8 aromatic carbocycles. The van der Waals surface area contributed by atoms with Crippen molar-refractivity contribution in [1.29, 1.82) is 0 Å². The van der Waals surface area contributed by atoms with Crippen molar-refractivity contribution < 1.29 is 73.3 Å². The fourth-order valence-corrected chi connectivity index (χ4v) is 14.0. The van der Waals surface area contributed by atoms with E-state index in [1.165, 1.54) is 42.3 Å². The lowest BCUT2D eigenvalue weighted by Crippen LogP contribution is -2.45. The molecule has 28 nitrogen and oxygen atoms in total. The minimum Gasteiger partial charge on any atom is -0.366 e. The van der Waals surface area contributed by atoms with Gasteiger partial charge in [-0.15, -0.1) is 20.4 Å². The summed E-state index contributed by atoms with van der Waals surface area (Å²) in [5.74, 6) is 0.0219. The van der Waals surface area contributed by atoms with Gasteiger partial charge in [0.25, 0.3) is 17.7 Å². The molecule has 135 heavy (non-hydrogen) atoms. The van der Waals surface area contributed by atoms with Crippen LogP contribution in [0.4, 0.5) is 99.2 Å². The number of anilines is 8. The lowest BCUT2D eigenvalue weighted by molar-refractivity contribution is -0.138. The average Bonchev–Trinajstić information content (AvgIpc) is 1.62. The summed E-state index contributed by atoms with van der Waals surface area (Å²) >= 11 is 0. The molecule has 1 saturated heterocycles. The van der Waals surface area contributed by atoms with Crippen LogP contribution in [0.5, 0.6) is 0 Å². The molecule has 40 heteroatoms. The van der Waals surface area contributed by atoms with Gasteiger partial charge in [0.1, 0.15) is 0 Å². The minimum atomic E-state index is -4.44. The van der Waals surface area contributed by atoms with E-state index in [-0.39, 0.29) is 42.9 Å². The summed E-state index contributed by atoms with van der Waals surface area (Å²) in [6.45, 7) is 11.0. The average molecular weight is 1860 g/mol. The Bertz CT molecular complexity index is 6860. The van der Waals surface area contributed by atoms with Crippen LogP contribution >= 0.6 is 0 Å². The van der Waals surface area contributed by atoms with Crippen LogP contribution in [0.3, 0.4) is 0 Å². The summed E-state index contributed by atoms with van der Waals surface area (Å²) in [6, 6.07) is 60.9. The summed E-state index contributed by atoms with van der Waals surface area (Å²) in [4.78, 5) is 70.6. The number of nitrogens with zero attached hydrogens (tertiary/aromatic N) is 14. The molecule has 8 aromatic heterocycles. The monoisotopic (exact) mass is 1860 g/mol. The first-order chi connectivity index (χ1) is 64.4. The number of hydrogen-bond acceptors (Lipinski definition) is 20. The van der Waals surface area contributed by atoms with Gasteiger partial charge in [0.15, 0.2) is 22.6 Å². The Morgan fingerprint density at radius 1 is 0.363 bits per heavy atom. The number of pyridine rings is 4. The molecular formula is C95H90F12N24O4. The van der Waals surface area contributed by atoms with Crippen molar-refractivity contribution in [3.8, 4) is 44.5 Å². The summed E-state index contributed by atoms with van der Waals surface area (Å²) in [7, 11) is 3.94. The largest absolute Gasteiger partial charge is 0.416 e. The number of alkyl halides is 12. The predicted molar refractivity (Wildman–Crippen MR) is 491 cm³/mol. The Hall–Kier alpha value is -15.7. The summed E-state index contributed by atoms with van der Waals surface area (Å²) < 4.78 is 164. The second-order valence-electron chi connectivity index (χ2n) is 31.8. The highest BCUT2D eigenvalue weighted by Gasteiger charge is 2.35. The van der Waals surface area contributed by atoms with E-state index < -0.39 is 58.4 Å². The highest BCUT2D eigenvalue weighted by atomic mass is 19.4. The van der Waals surface area contributed by atoms with E-state index in [0.717, 1.165) is 87.7 Å². The Morgan fingerprint density at radius 2 is 0.644 bits per heavy atom. The van der Waals surface area contributed by atoms with Crippen LogP contribution in [0.25, 0.3) is 67.1 Å². The molecule has 12 N–H and O–H groups in total. The number of primary amides is 1. The lowest BCUT2D eigenvalue weighted by atomic mass is 10.0. The first-order valence-electron chi connectivity index (χ1n) is 42.0. The SMILES string of the molecule is CC(C)(N)CNC(=O)c1ccc(Nc2nc3c(-c4cccc(C(F)(F)F)c4)cccn3n2)cc1.CN1CCN(CCCNC(=O)c2ccc(Nc3nc4c(-c5cccc(C(F)(F)F)c5)cccn4n3)cc2)CC1.CNCCNC(=O)c1ccc(Nc2nc3c(-c4cccc(C(F)(F)F)c4)cccn3n2)cc1.NC(=O)c1ccc(Nc2nc3c(-c4cccc(C(F)(F)F)c4)cccn3n2)cc1.[HH]. The van der Waals surface area contributed by atoms with Gasteiger partial charge in [0, 0.05) is 151 Å². The molecular weight excluding hydrogens is 1770 g/mol. The van der Waals surface area contributed by atoms with Crippen molar-refractivity contribution in [1.82, 2.24) is 89.5 Å². The fraction of sp³-hybridized carbons (Fsp3) is 0.200. The topological polar surface area (TPSA) is 344 Å². The molecule has 4 amide bonds. The first kappa shape index (κ1) is 95.4. The van der Waals surface area contributed by atoms with Crippen molar-refractivity contribution in [3.05, 3.63) is 312 Å². The van der Waals surface area contributed by atoms with Crippen molar-refractivity contribution >= 4 is 92.8 Å². The van der Waals surface area contributed by atoms with Gasteiger partial charge in [-0.25, -0.2) is 18.1 Å². The molecule has 0 spiro atoms. The van der Waals surface area contributed by atoms with Gasteiger partial charge in [-0.2, -0.15) is 72.6 Å². The van der Waals surface area contributed by atoms with E-state index in [4.69, 9.17) is 11.5 Å². The molecule has 0 bridgehead atoms. The van der Waals surface area contributed by atoms with E-state index in [0.29, 0.717) is 138 Å². The van der Waals surface area contributed by atoms with Crippen LogP contribution in [-0.2, 0) is 24.7 Å². The number of carbonyl (C=O) groups excluding carboxylic acids is 4. The summed E-state index contributed by atoms with van der Waals surface area (Å²) in [5.41, 5.74) is 17.5. The molecule has 1 fully saturated rings. The number of nitrogens with one attached hydrogen (secondary N) is 8. The zero-order valence-corrected chi connectivity index (χ0v) is 72.6. The van der Waals surface area contributed by atoms with Gasteiger partial charge < -0.3 is 63.8 Å². The van der Waals surface area contributed by atoms with Crippen LogP contribution in [-0.4, -0.2) is 170 Å². The number of fused-ring (bicyclic) bond motifs is 4. The molecule has 16 aromatic rings. The molecule has 698 valence electrons. The Balaban J connectivity index is 0.000000154.